The maximum atomic E-state index is 3.69. The van der Waals surface area contributed by atoms with Crippen LogP contribution in [0.2, 0.25) is 0 Å². The van der Waals surface area contributed by atoms with E-state index >= 15 is 0 Å². The summed E-state index contributed by atoms with van der Waals surface area (Å²) in [4.78, 5) is 0. The first-order valence-corrected chi connectivity index (χ1v) is 7.77. The zero-order chi connectivity index (χ0) is 14.7. The summed E-state index contributed by atoms with van der Waals surface area (Å²) in [5.74, 6) is 1.28. The summed E-state index contributed by atoms with van der Waals surface area (Å²) in [6.45, 7) is 12.4. The van der Waals surface area contributed by atoms with Gasteiger partial charge >= 0.3 is 0 Å². The molecule has 2 unspecified atom stereocenters. The topological polar surface area (TPSA) is 12.0 Å². The van der Waals surface area contributed by atoms with E-state index in [0.29, 0.717) is 17.9 Å². The van der Waals surface area contributed by atoms with Crippen LogP contribution in [0.3, 0.4) is 0 Å². The lowest BCUT2D eigenvalue weighted by molar-refractivity contribution is 0.309. The molecule has 2 aromatic rings. The lowest BCUT2D eigenvalue weighted by Crippen LogP contribution is -2.29. The first-order chi connectivity index (χ1) is 9.56. The van der Waals surface area contributed by atoms with Crippen molar-refractivity contribution in [2.75, 3.05) is 6.54 Å². The molecule has 0 radical (unpaired) electrons. The minimum Gasteiger partial charge on any atom is -0.310 e. The highest BCUT2D eigenvalue weighted by atomic mass is 14.9. The number of fused-ring (bicyclic) bond motifs is 1. The Bertz CT molecular complexity index is 571. The summed E-state index contributed by atoms with van der Waals surface area (Å²) in [6, 6.07) is 13.8. The van der Waals surface area contributed by atoms with Crippen molar-refractivity contribution >= 4 is 10.8 Å². The second kappa shape index (κ2) is 6.41. The first-order valence-electron chi connectivity index (χ1n) is 7.77. The fraction of sp³-hybridized carbons (Fsp3) is 0.474. The Balaban J connectivity index is 2.56. The number of hydrogen-bond donors (Lipinski definition) is 1. The molecule has 1 heteroatoms. The van der Waals surface area contributed by atoms with Crippen LogP contribution < -0.4 is 5.32 Å². The van der Waals surface area contributed by atoms with Crippen LogP contribution in [0.25, 0.3) is 10.8 Å². The molecule has 0 amide bonds. The van der Waals surface area contributed by atoms with Gasteiger partial charge in [-0.2, -0.15) is 0 Å². The van der Waals surface area contributed by atoms with Crippen molar-refractivity contribution in [2.45, 2.75) is 40.7 Å². The Hall–Kier alpha value is -1.34. The molecule has 2 aromatic carbocycles. The summed E-state index contributed by atoms with van der Waals surface area (Å²) in [7, 11) is 0. The molecular formula is C19H27N. The van der Waals surface area contributed by atoms with Crippen molar-refractivity contribution in [1.29, 1.82) is 0 Å². The van der Waals surface area contributed by atoms with Gasteiger partial charge in [-0.05, 0) is 47.2 Å². The summed E-state index contributed by atoms with van der Waals surface area (Å²) >= 11 is 0. The van der Waals surface area contributed by atoms with E-state index in [4.69, 9.17) is 0 Å². The van der Waals surface area contributed by atoms with Crippen molar-refractivity contribution in [3.05, 3.63) is 47.5 Å². The first kappa shape index (κ1) is 15.1. The average Bonchev–Trinajstić information content (AvgIpc) is 2.45. The molecule has 0 bridgehead atoms. The van der Waals surface area contributed by atoms with Gasteiger partial charge in [-0.3, -0.25) is 0 Å². The lowest BCUT2D eigenvalue weighted by Gasteiger charge is -2.29. The normalized spacial score (nSPS) is 14.7. The summed E-state index contributed by atoms with van der Waals surface area (Å²) in [5.41, 5.74) is 2.80. The van der Waals surface area contributed by atoms with Gasteiger partial charge < -0.3 is 5.32 Å². The Morgan fingerprint density at radius 2 is 1.60 bits per heavy atom. The van der Waals surface area contributed by atoms with Crippen molar-refractivity contribution in [2.24, 2.45) is 11.8 Å². The number of aryl methyl sites for hydroxylation is 1. The third kappa shape index (κ3) is 2.88. The van der Waals surface area contributed by atoms with Gasteiger partial charge in [-0.25, -0.2) is 0 Å². The van der Waals surface area contributed by atoms with Crippen LogP contribution >= 0.6 is 0 Å². The van der Waals surface area contributed by atoms with Crippen LogP contribution in [0.15, 0.2) is 36.4 Å². The van der Waals surface area contributed by atoms with Crippen LogP contribution in [0.4, 0.5) is 0 Å². The molecular weight excluding hydrogens is 242 g/mol. The third-order valence-electron chi connectivity index (χ3n) is 4.51. The molecule has 0 spiro atoms. The van der Waals surface area contributed by atoms with Crippen LogP contribution in [-0.2, 0) is 0 Å². The fourth-order valence-electron chi connectivity index (χ4n) is 2.93. The lowest BCUT2D eigenvalue weighted by atomic mass is 9.83. The van der Waals surface area contributed by atoms with Crippen LogP contribution in [0.1, 0.15) is 44.9 Å². The number of hydrogen-bond acceptors (Lipinski definition) is 1. The molecule has 0 aliphatic heterocycles. The zero-order valence-electron chi connectivity index (χ0n) is 13.4. The van der Waals surface area contributed by atoms with Gasteiger partial charge in [0.05, 0.1) is 0 Å². The smallest absolute Gasteiger partial charge is 0.0354 e. The molecule has 0 saturated carbocycles. The standard InChI is InChI=1S/C19H27N/c1-6-20-19(15(5)13(2)3)18-12-11-14(4)16-9-7-8-10-17(16)18/h7-13,15,19-20H,6H2,1-5H3. The van der Waals surface area contributed by atoms with Gasteiger partial charge in [-0.1, -0.05) is 64.1 Å². The Morgan fingerprint density at radius 3 is 2.20 bits per heavy atom. The highest BCUT2D eigenvalue weighted by Gasteiger charge is 2.22. The van der Waals surface area contributed by atoms with Gasteiger partial charge in [0.1, 0.15) is 0 Å². The molecule has 0 aromatic heterocycles. The maximum absolute atomic E-state index is 3.69. The molecule has 108 valence electrons. The summed E-state index contributed by atoms with van der Waals surface area (Å²) in [5, 5.41) is 6.46. The largest absolute Gasteiger partial charge is 0.310 e. The highest BCUT2D eigenvalue weighted by molar-refractivity contribution is 5.88. The monoisotopic (exact) mass is 269 g/mol. The van der Waals surface area contributed by atoms with Crippen molar-refractivity contribution in [1.82, 2.24) is 5.32 Å². The van der Waals surface area contributed by atoms with Gasteiger partial charge in [0.2, 0.25) is 0 Å². The molecule has 2 rings (SSSR count). The van der Waals surface area contributed by atoms with E-state index in [1.54, 1.807) is 0 Å². The average molecular weight is 269 g/mol. The minimum absolute atomic E-state index is 0.422. The van der Waals surface area contributed by atoms with Gasteiger partial charge in [0.15, 0.2) is 0 Å². The number of benzene rings is 2. The van der Waals surface area contributed by atoms with E-state index in [-0.39, 0.29) is 0 Å². The molecule has 20 heavy (non-hydrogen) atoms. The molecule has 2 atom stereocenters. The zero-order valence-corrected chi connectivity index (χ0v) is 13.4. The van der Waals surface area contributed by atoms with Crippen molar-refractivity contribution in [3.63, 3.8) is 0 Å². The van der Waals surface area contributed by atoms with E-state index < -0.39 is 0 Å². The second-order valence-electron chi connectivity index (χ2n) is 6.16. The minimum atomic E-state index is 0.422. The van der Waals surface area contributed by atoms with Crippen molar-refractivity contribution in [3.8, 4) is 0 Å². The Labute approximate surface area is 123 Å². The molecule has 0 saturated heterocycles. The Morgan fingerprint density at radius 1 is 0.950 bits per heavy atom. The number of nitrogens with one attached hydrogen (secondary N) is 1. The van der Waals surface area contributed by atoms with Crippen molar-refractivity contribution < 1.29 is 0 Å². The molecule has 0 fully saturated rings. The second-order valence-corrected chi connectivity index (χ2v) is 6.16. The van der Waals surface area contributed by atoms with E-state index in [1.807, 2.05) is 0 Å². The van der Waals surface area contributed by atoms with E-state index in [1.165, 1.54) is 21.9 Å². The van der Waals surface area contributed by atoms with Crippen LogP contribution in [0.5, 0.6) is 0 Å². The molecule has 0 aliphatic rings. The fourth-order valence-corrected chi connectivity index (χ4v) is 2.93. The van der Waals surface area contributed by atoms with Gasteiger partial charge in [0, 0.05) is 6.04 Å². The SMILES string of the molecule is CCNC(c1ccc(C)c2ccccc12)C(C)C(C)C. The van der Waals surface area contributed by atoms with E-state index in [9.17, 15) is 0 Å². The molecule has 1 N–H and O–H groups in total. The van der Waals surface area contributed by atoms with Crippen LogP contribution in [0, 0.1) is 18.8 Å². The highest BCUT2D eigenvalue weighted by Crippen LogP contribution is 2.33. The Kier molecular flexibility index (Phi) is 4.82. The van der Waals surface area contributed by atoms with Gasteiger partial charge in [0.25, 0.3) is 0 Å². The maximum Gasteiger partial charge on any atom is 0.0354 e. The third-order valence-corrected chi connectivity index (χ3v) is 4.51. The molecule has 0 heterocycles. The predicted octanol–water partition coefficient (Wildman–Crippen LogP) is 5.09. The molecule has 1 nitrogen and oxygen atoms in total. The van der Waals surface area contributed by atoms with E-state index in [0.717, 1.165) is 6.54 Å². The summed E-state index contributed by atoms with van der Waals surface area (Å²) in [6.07, 6.45) is 0. The van der Waals surface area contributed by atoms with E-state index in [2.05, 4.69) is 76.3 Å². The quantitative estimate of drug-likeness (QED) is 0.797. The number of rotatable bonds is 5. The summed E-state index contributed by atoms with van der Waals surface area (Å²) < 4.78 is 0. The molecule has 0 aliphatic carbocycles. The van der Waals surface area contributed by atoms with Crippen LogP contribution in [-0.4, -0.2) is 6.54 Å². The van der Waals surface area contributed by atoms with Gasteiger partial charge in [-0.15, -0.1) is 0 Å². The predicted molar refractivity (Wildman–Crippen MR) is 89.1 cm³/mol.